The van der Waals surface area contributed by atoms with Crippen molar-refractivity contribution >= 4 is 10.0 Å². The van der Waals surface area contributed by atoms with Crippen LogP contribution in [0.25, 0.3) is 0 Å². The number of hydrogen-bond donors (Lipinski definition) is 1. The summed E-state index contributed by atoms with van der Waals surface area (Å²) in [5, 5.41) is 0. The van der Waals surface area contributed by atoms with Gasteiger partial charge in [0.15, 0.2) is 0 Å². The molecule has 5 heteroatoms. The summed E-state index contributed by atoms with van der Waals surface area (Å²) in [5.74, 6) is 1.14. The molecule has 0 amide bonds. The summed E-state index contributed by atoms with van der Waals surface area (Å²) in [6, 6.07) is 5.09. The number of sulfonamides is 1. The highest BCUT2D eigenvalue weighted by Crippen LogP contribution is 2.26. The van der Waals surface area contributed by atoms with Crippen LogP contribution in [0.3, 0.4) is 0 Å². The van der Waals surface area contributed by atoms with Gasteiger partial charge in [0.05, 0.1) is 11.5 Å². The Labute approximate surface area is 127 Å². The Morgan fingerprint density at radius 3 is 2.62 bits per heavy atom. The maximum Gasteiger partial charge on any atom is 0.240 e. The number of benzene rings is 1. The van der Waals surface area contributed by atoms with Crippen LogP contribution in [0.2, 0.25) is 0 Å². The third-order valence-corrected chi connectivity index (χ3v) is 5.66. The minimum absolute atomic E-state index is 0.0515. The van der Waals surface area contributed by atoms with Crippen molar-refractivity contribution in [1.82, 2.24) is 4.72 Å². The second-order valence-corrected chi connectivity index (χ2v) is 7.56. The van der Waals surface area contributed by atoms with Crippen molar-refractivity contribution in [2.75, 3.05) is 6.61 Å². The van der Waals surface area contributed by atoms with Crippen LogP contribution >= 0.6 is 0 Å². The van der Waals surface area contributed by atoms with Crippen LogP contribution in [-0.4, -0.2) is 21.1 Å². The maximum atomic E-state index is 12.5. The quantitative estimate of drug-likeness (QED) is 0.908. The lowest BCUT2D eigenvalue weighted by Crippen LogP contribution is -2.40. The minimum Gasteiger partial charge on any atom is -0.494 e. The Balaban J connectivity index is 2.17. The Hall–Kier alpha value is -1.07. The monoisotopic (exact) mass is 311 g/mol. The smallest absolute Gasteiger partial charge is 0.240 e. The first-order valence-electron chi connectivity index (χ1n) is 7.70. The fraction of sp³-hybridized carbons (Fsp3) is 0.625. The molecule has 0 saturated heterocycles. The predicted molar refractivity (Wildman–Crippen MR) is 84.1 cm³/mol. The Bertz CT molecular complexity index is 583. The van der Waals surface area contributed by atoms with Crippen LogP contribution < -0.4 is 9.46 Å². The standard InChI is InChI=1S/C16H25NO3S/c1-4-20-16-10-9-14(11-13(16)3)21(18,19)17-15-8-6-5-7-12(15)2/h9-12,15,17H,4-8H2,1-3H3/t12-,15-/m0/s1. The molecule has 1 fully saturated rings. The third-order valence-electron chi connectivity index (χ3n) is 4.17. The van der Waals surface area contributed by atoms with Gasteiger partial charge in [-0.2, -0.15) is 0 Å². The lowest BCUT2D eigenvalue weighted by molar-refractivity contribution is 0.310. The summed E-state index contributed by atoms with van der Waals surface area (Å²) < 4.78 is 33.4. The van der Waals surface area contributed by atoms with Crippen LogP contribution in [0.4, 0.5) is 0 Å². The summed E-state index contributed by atoms with van der Waals surface area (Å²) in [6.45, 7) is 6.48. The highest BCUT2D eigenvalue weighted by Gasteiger charge is 2.26. The molecule has 1 aromatic carbocycles. The van der Waals surface area contributed by atoms with Gasteiger partial charge in [-0.3, -0.25) is 0 Å². The molecule has 2 atom stereocenters. The zero-order chi connectivity index (χ0) is 15.5. The van der Waals surface area contributed by atoms with Crippen LogP contribution in [0, 0.1) is 12.8 Å². The molecule has 0 aromatic heterocycles. The van der Waals surface area contributed by atoms with Gasteiger partial charge >= 0.3 is 0 Å². The Morgan fingerprint density at radius 1 is 1.29 bits per heavy atom. The van der Waals surface area contributed by atoms with E-state index in [-0.39, 0.29) is 6.04 Å². The first kappa shape index (κ1) is 16.3. The van der Waals surface area contributed by atoms with E-state index in [4.69, 9.17) is 4.74 Å². The fourth-order valence-corrected chi connectivity index (χ4v) is 4.33. The molecule has 118 valence electrons. The summed E-state index contributed by atoms with van der Waals surface area (Å²) in [6.07, 6.45) is 4.31. The van der Waals surface area contributed by atoms with E-state index in [1.807, 2.05) is 13.8 Å². The van der Waals surface area contributed by atoms with Gasteiger partial charge in [-0.1, -0.05) is 19.8 Å². The van der Waals surface area contributed by atoms with Gasteiger partial charge in [0.25, 0.3) is 0 Å². The molecule has 0 heterocycles. The third kappa shape index (κ3) is 3.98. The van der Waals surface area contributed by atoms with Gasteiger partial charge in [-0.15, -0.1) is 0 Å². The highest BCUT2D eigenvalue weighted by molar-refractivity contribution is 7.89. The van der Waals surface area contributed by atoms with Crippen molar-refractivity contribution in [3.63, 3.8) is 0 Å². The molecular weight excluding hydrogens is 286 g/mol. The van der Waals surface area contributed by atoms with E-state index in [1.165, 1.54) is 6.42 Å². The molecule has 1 aliphatic carbocycles. The van der Waals surface area contributed by atoms with Crippen molar-refractivity contribution in [1.29, 1.82) is 0 Å². The minimum atomic E-state index is -3.45. The summed E-state index contributed by atoms with van der Waals surface area (Å²) in [7, 11) is -3.45. The van der Waals surface area contributed by atoms with E-state index in [0.29, 0.717) is 17.4 Å². The number of ether oxygens (including phenoxy) is 1. The summed E-state index contributed by atoms with van der Waals surface area (Å²) in [5.41, 5.74) is 0.844. The largest absolute Gasteiger partial charge is 0.494 e. The van der Waals surface area contributed by atoms with Crippen LogP contribution in [0.1, 0.15) is 45.1 Å². The molecular formula is C16H25NO3S. The molecule has 0 unspecified atom stereocenters. The second-order valence-electron chi connectivity index (χ2n) is 5.85. The van der Waals surface area contributed by atoms with Crippen molar-refractivity contribution < 1.29 is 13.2 Å². The first-order valence-corrected chi connectivity index (χ1v) is 9.18. The van der Waals surface area contributed by atoms with Crippen molar-refractivity contribution in [3.05, 3.63) is 23.8 Å². The molecule has 21 heavy (non-hydrogen) atoms. The SMILES string of the molecule is CCOc1ccc(S(=O)(=O)N[C@H]2CCCC[C@@H]2C)cc1C. The molecule has 1 aromatic rings. The molecule has 0 radical (unpaired) electrons. The molecule has 1 aliphatic rings. The lowest BCUT2D eigenvalue weighted by Gasteiger charge is -2.29. The average Bonchev–Trinajstić information content (AvgIpc) is 2.43. The van der Waals surface area contributed by atoms with Crippen LogP contribution in [-0.2, 0) is 10.0 Å². The number of rotatable bonds is 5. The first-order chi connectivity index (χ1) is 9.94. The topological polar surface area (TPSA) is 55.4 Å². The fourth-order valence-electron chi connectivity index (χ4n) is 2.87. The van der Waals surface area contributed by atoms with E-state index < -0.39 is 10.0 Å². The molecule has 0 aliphatic heterocycles. The van der Waals surface area contributed by atoms with Gasteiger partial charge in [-0.25, -0.2) is 13.1 Å². The normalized spacial score (nSPS) is 23.0. The molecule has 4 nitrogen and oxygen atoms in total. The van der Waals surface area contributed by atoms with Gasteiger partial charge in [0, 0.05) is 6.04 Å². The van der Waals surface area contributed by atoms with Gasteiger partial charge < -0.3 is 4.74 Å². The van der Waals surface area contributed by atoms with E-state index in [9.17, 15) is 8.42 Å². The molecule has 0 spiro atoms. The van der Waals surface area contributed by atoms with E-state index >= 15 is 0 Å². The zero-order valence-electron chi connectivity index (χ0n) is 13.1. The Morgan fingerprint density at radius 2 is 2.00 bits per heavy atom. The summed E-state index contributed by atoms with van der Waals surface area (Å²) in [4.78, 5) is 0.321. The molecule has 1 saturated carbocycles. The average molecular weight is 311 g/mol. The summed E-state index contributed by atoms with van der Waals surface area (Å²) >= 11 is 0. The Kier molecular flexibility index (Phi) is 5.27. The molecule has 1 N–H and O–H groups in total. The maximum absolute atomic E-state index is 12.5. The zero-order valence-corrected chi connectivity index (χ0v) is 13.9. The predicted octanol–water partition coefficient (Wildman–Crippen LogP) is 3.25. The van der Waals surface area contributed by atoms with E-state index in [0.717, 1.165) is 30.6 Å². The molecule has 2 rings (SSSR count). The number of nitrogens with one attached hydrogen (secondary N) is 1. The van der Waals surface area contributed by atoms with Gasteiger partial charge in [0.1, 0.15) is 5.75 Å². The molecule has 0 bridgehead atoms. The number of aryl methyl sites for hydroxylation is 1. The van der Waals surface area contributed by atoms with Crippen LogP contribution in [0.15, 0.2) is 23.1 Å². The van der Waals surface area contributed by atoms with E-state index in [1.54, 1.807) is 18.2 Å². The van der Waals surface area contributed by atoms with Crippen LogP contribution in [0.5, 0.6) is 5.75 Å². The van der Waals surface area contributed by atoms with Crippen molar-refractivity contribution in [2.45, 2.75) is 57.4 Å². The van der Waals surface area contributed by atoms with E-state index in [2.05, 4.69) is 11.6 Å². The van der Waals surface area contributed by atoms with Gasteiger partial charge in [0.2, 0.25) is 10.0 Å². The lowest BCUT2D eigenvalue weighted by atomic mass is 9.87. The second kappa shape index (κ2) is 6.79. The van der Waals surface area contributed by atoms with Crippen molar-refractivity contribution in [2.24, 2.45) is 5.92 Å². The highest BCUT2D eigenvalue weighted by atomic mass is 32.2. The number of hydrogen-bond acceptors (Lipinski definition) is 3. The van der Waals surface area contributed by atoms with Crippen molar-refractivity contribution in [3.8, 4) is 5.75 Å². The van der Waals surface area contributed by atoms with Gasteiger partial charge in [-0.05, 0) is 56.4 Å².